The standard InChI is InChI=1S/C26H31N3O4S/c30-25(22-10-5-2-6-11-22)27-24-13-7-12-23(20-24)26(31)28-15-17-29(18-16-28)34(32,33)19-14-21-8-3-1-4-9-21/h1,3-4,7-9,12-14,19-20,22H,2,5-6,10-11,15-18H2,(H,27,30). The van der Waals surface area contributed by atoms with Gasteiger partial charge in [0.05, 0.1) is 0 Å². The molecule has 1 heterocycles. The summed E-state index contributed by atoms with van der Waals surface area (Å²) in [6.45, 7) is 1.11. The number of nitrogens with zero attached hydrogens (tertiary/aromatic N) is 2. The number of piperazine rings is 1. The summed E-state index contributed by atoms with van der Waals surface area (Å²) in [6.07, 6.45) is 6.77. The van der Waals surface area contributed by atoms with E-state index in [0.717, 1.165) is 31.2 Å². The third kappa shape index (κ3) is 6.12. The lowest BCUT2D eigenvalue weighted by Crippen LogP contribution is -2.50. The number of amides is 2. The largest absolute Gasteiger partial charge is 0.336 e. The highest BCUT2D eigenvalue weighted by atomic mass is 32.2. The molecule has 0 atom stereocenters. The average Bonchev–Trinajstić information content (AvgIpc) is 2.88. The zero-order valence-corrected chi connectivity index (χ0v) is 20.0. The number of nitrogens with one attached hydrogen (secondary N) is 1. The van der Waals surface area contributed by atoms with Crippen LogP contribution >= 0.6 is 0 Å². The summed E-state index contributed by atoms with van der Waals surface area (Å²) in [5.41, 5.74) is 1.92. The Morgan fingerprint density at radius 3 is 2.29 bits per heavy atom. The molecule has 1 saturated carbocycles. The zero-order valence-electron chi connectivity index (χ0n) is 19.2. The molecule has 7 nitrogen and oxygen atoms in total. The van der Waals surface area contributed by atoms with E-state index in [4.69, 9.17) is 0 Å². The molecule has 2 aromatic rings. The molecule has 180 valence electrons. The van der Waals surface area contributed by atoms with Gasteiger partial charge in [-0.2, -0.15) is 4.31 Å². The third-order valence-electron chi connectivity index (χ3n) is 6.47. The van der Waals surface area contributed by atoms with Crippen molar-refractivity contribution >= 4 is 33.6 Å². The molecule has 34 heavy (non-hydrogen) atoms. The Labute approximate surface area is 201 Å². The Morgan fingerprint density at radius 1 is 0.882 bits per heavy atom. The van der Waals surface area contributed by atoms with E-state index in [1.54, 1.807) is 35.2 Å². The molecule has 1 aliphatic heterocycles. The molecule has 4 rings (SSSR count). The Kier molecular flexibility index (Phi) is 7.80. The van der Waals surface area contributed by atoms with Gasteiger partial charge >= 0.3 is 0 Å². The van der Waals surface area contributed by atoms with E-state index in [0.29, 0.717) is 24.3 Å². The SMILES string of the molecule is O=C(Nc1cccc(C(=O)N2CCN(S(=O)(=O)C=Cc3ccccc3)CC2)c1)C1CCCCC1. The van der Waals surface area contributed by atoms with Crippen LogP contribution in [0.5, 0.6) is 0 Å². The average molecular weight is 482 g/mol. The van der Waals surface area contributed by atoms with Crippen molar-refractivity contribution < 1.29 is 18.0 Å². The molecule has 2 amide bonds. The minimum Gasteiger partial charge on any atom is -0.336 e. The van der Waals surface area contributed by atoms with Gasteiger partial charge in [-0.3, -0.25) is 9.59 Å². The lowest BCUT2D eigenvalue weighted by atomic mass is 9.88. The van der Waals surface area contributed by atoms with Crippen LogP contribution in [0.4, 0.5) is 5.69 Å². The molecule has 8 heteroatoms. The van der Waals surface area contributed by atoms with Gasteiger partial charge in [-0.05, 0) is 42.7 Å². The number of sulfonamides is 1. The second-order valence-electron chi connectivity index (χ2n) is 8.85. The van der Waals surface area contributed by atoms with Gasteiger partial charge in [0.25, 0.3) is 5.91 Å². The first-order chi connectivity index (χ1) is 16.4. The monoisotopic (exact) mass is 481 g/mol. The van der Waals surface area contributed by atoms with Crippen LogP contribution in [0.25, 0.3) is 6.08 Å². The molecule has 2 aromatic carbocycles. The van der Waals surface area contributed by atoms with E-state index in [1.807, 2.05) is 30.3 Å². The van der Waals surface area contributed by atoms with E-state index >= 15 is 0 Å². The topological polar surface area (TPSA) is 86.8 Å². The van der Waals surface area contributed by atoms with Crippen molar-refractivity contribution in [2.75, 3.05) is 31.5 Å². The molecule has 1 aliphatic carbocycles. The number of hydrogen-bond donors (Lipinski definition) is 1. The molecule has 2 aliphatic rings. The van der Waals surface area contributed by atoms with Crippen LogP contribution in [-0.2, 0) is 14.8 Å². The Morgan fingerprint density at radius 2 is 1.59 bits per heavy atom. The van der Waals surface area contributed by atoms with Crippen molar-refractivity contribution in [3.05, 3.63) is 71.1 Å². The predicted octanol–water partition coefficient (Wildman–Crippen LogP) is 3.96. The van der Waals surface area contributed by atoms with Crippen molar-refractivity contribution in [1.29, 1.82) is 0 Å². The highest BCUT2D eigenvalue weighted by molar-refractivity contribution is 7.92. The molecule has 0 bridgehead atoms. The van der Waals surface area contributed by atoms with Crippen LogP contribution in [0.3, 0.4) is 0 Å². The molecule has 0 radical (unpaired) electrons. The number of rotatable bonds is 6. The molecular weight excluding hydrogens is 450 g/mol. The van der Waals surface area contributed by atoms with E-state index in [2.05, 4.69) is 5.32 Å². The van der Waals surface area contributed by atoms with Gasteiger partial charge < -0.3 is 10.2 Å². The first kappa shape index (κ1) is 24.2. The second kappa shape index (κ2) is 11.0. The fourth-order valence-corrected chi connectivity index (χ4v) is 5.66. The number of carbonyl (C=O) groups excluding carboxylic acids is 2. The Balaban J connectivity index is 1.33. The maximum Gasteiger partial charge on any atom is 0.254 e. The molecule has 0 unspecified atom stereocenters. The second-order valence-corrected chi connectivity index (χ2v) is 10.7. The van der Waals surface area contributed by atoms with Gasteiger partial charge in [-0.25, -0.2) is 8.42 Å². The van der Waals surface area contributed by atoms with Gasteiger partial charge in [-0.15, -0.1) is 0 Å². The third-order valence-corrected chi connectivity index (χ3v) is 8.04. The van der Waals surface area contributed by atoms with Crippen LogP contribution in [0.1, 0.15) is 48.0 Å². The molecular formula is C26H31N3O4S. The van der Waals surface area contributed by atoms with Crippen molar-refractivity contribution in [3.8, 4) is 0 Å². The fourth-order valence-electron chi connectivity index (χ4n) is 4.48. The molecule has 1 N–H and O–H groups in total. The van der Waals surface area contributed by atoms with E-state index in [1.165, 1.54) is 16.1 Å². The van der Waals surface area contributed by atoms with Gasteiger partial charge in [0.1, 0.15) is 0 Å². The summed E-state index contributed by atoms with van der Waals surface area (Å²) in [5, 5.41) is 4.18. The van der Waals surface area contributed by atoms with E-state index in [9.17, 15) is 18.0 Å². The number of benzene rings is 2. The normalized spacial score (nSPS) is 18.2. The van der Waals surface area contributed by atoms with Crippen LogP contribution in [0.2, 0.25) is 0 Å². The first-order valence-electron chi connectivity index (χ1n) is 11.9. The smallest absolute Gasteiger partial charge is 0.254 e. The van der Waals surface area contributed by atoms with Crippen LogP contribution in [0.15, 0.2) is 60.0 Å². The summed E-state index contributed by atoms with van der Waals surface area (Å²) in [5.74, 6) is -0.101. The maximum absolute atomic E-state index is 13.0. The van der Waals surface area contributed by atoms with Crippen LogP contribution in [-0.4, -0.2) is 55.6 Å². The number of carbonyl (C=O) groups is 2. The fraction of sp³-hybridized carbons (Fsp3) is 0.385. The highest BCUT2D eigenvalue weighted by Gasteiger charge is 2.28. The molecule has 0 aromatic heterocycles. The van der Waals surface area contributed by atoms with E-state index in [-0.39, 0.29) is 30.8 Å². The predicted molar refractivity (Wildman–Crippen MR) is 134 cm³/mol. The van der Waals surface area contributed by atoms with Gasteiger partial charge in [0.2, 0.25) is 15.9 Å². The minimum atomic E-state index is -3.56. The van der Waals surface area contributed by atoms with Gasteiger partial charge in [0.15, 0.2) is 0 Å². The summed E-state index contributed by atoms with van der Waals surface area (Å²) in [7, 11) is -3.56. The summed E-state index contributed by atoms with van der Waals surface area (Å²) < 4.78 is 26.8. The molecule has 1 saturated heterocycles. The van der Waals surface area contributed by atoms with Crippen molar-refractivity contribution in [3.63, 3.8) is 0 Å². The Hall–Kier alpha value is -2.97. The van der Waals surface area contributed by atoms with Crippen molar-refractivity contribution in [1.82, 2.24) is 9.21 Å². The highest BCUT2D eigenvalue weighted by Crippen LogP contribution is 2.25. The zero-order chi connectivity index (χ0) is 24.0. The van der Waals surface area contributed by atoms with Crippen molar-refractivity contribution in [2.24, 2.45) is 5.92 Å². The lowest BCUT2D eigenvalue weighted by Gasteiger charge is -2.33. The van der Waals surface area contributed by atoms with Gasteiger partial charge in [-0.1, -0.05) is 55.7 Å². The maximum atomic E-state index is 13.0. The van der Waals surface area contributed by atoms with Gasteiger partial charge in [0, 0.05) is 48.8 Å². The summed E-state index contributed by atoms with van der Waals surface area (Å²) >= 11 is 0. The van der Waals surface area contributed by atoms with E-state index < -0.39 is 10.0 Å². The quantitative estimate of drug-likeness (QED) is 0.677. The molecule has 2 fully saturated rings. The number of anilines is 1. The Bertz CT molecular complexity index is 1130. The molecule has 0 spiro atoms. The summed E-state index contributed by atoms with van der Waals surface area (Å²) in [4.78, 5) is 27.2. The van der Waals surface area contributed by atoms with Crippen LogP contribution < -0.4 is 5.32 Å². The van der Waals surface area contributed by atoms with Crippen LogP contribution in [0, 0.1) is 5.92 Å². The minimum absolute atomic E-state index is 0.0201. The first-order valence-corrected chi connectivity index (χ1v) is 13.4. The number of hydrogen-bond acceptors (Lipinski definition) is 4. The van der Waals surface area contributed by atoms with Crippen molar-refractivity contribution in [2.45, 2.75) is 32.1 Å². The lowest BCUT2D eigenvalue weighted by molar-refractivity contribution is -0.120. The summed E-state index contributed by atoms with van der Waals surface area (Å²) in [6, 6.07) is 16.3.